The highest BCUT2D eigenvalue weighted by Crippen LogP contribution is 2.16. The van der Waals surface area contributed by atoms with Gasteiger partial charge in [-0.25, -0.2) is 0 Å². The minimum atomic E-state index is 0.527. The van der Waals surface area contributed by atoms with E-state index in [4.69, 9.17) is 11.6 Å². The van der Waals surface area contributed by atoms with Crippen LogP contribution in [-0.4, -0.2) is 10.2 Å². The Morgan fingerprint density at radius 2 is 2.36 bits per heavy atom. The smallest absolute Gasteiger partial charge is 0.0694 e. The molecule has 2 rings (SSSR count). The summed E-state index contributed by atoms with van der Waals surface area (Å²) in [5, 5.41) is 7.94. The highest BCUT2D eigenvalue weighted by atomic mass is 35.5. The predicted molar refractivity (Wildman–Crippen MR) is 45.7 cm³/mol. The fraction of sp³-hybridized carbons (Fsp3) is 0.125. The Labute approximate surface area is 69.2 Å². The number of halogens is 1. The van der Waals surface area contributed by atoms with Gasteiger partial charge in [-0.1, -0.05) is 18.2 Å². The van der Waals surface area contributed by atoms with Crippen molar-refractivity contribution in [3.05, 3.63) is 30.0 Å². The molecule has 0 aliphatic heterocycles. The number of hydrogen-bond acceptors (Lipinski definition) is 1. The number of hydrogen-bond donors (Lipinski definition) is 1. The molecule has 0 bridgehead atoms. The van der Waals surface area contributed by atoms with Crippen LogP contribution in [0.5, 0.6) is 0 Å². The zero-order valence-corrected chi connectivity index (χ0v) is 6.60. The second-order valence-corrected chi connectivity index (χ2v) is 2.65. The zero-order valence-electron chi connectivity index (χ0n) is 5.84. The van der Waals surface area contributed by atoms with Crippen molar-refractivity contribution in [2.75, 3.05) is 0 Å². The van der Waals surface area contributed by atoms with Crippen molar-refractivity contribution in [1.29, 1.82) is 0 Å². The number of H-pyrrole nitrogens is 1. The van der Waals surface area contributed by atoms with Crippen LogP contribution < -0.4 is 0 Å². The Morgan fingerprint density at radius 3 is 3.18 bits per heavy atom. The summed E-state index contributed by atoms with van der Waals surface area (Å²) in [6, 6.07) is 5.98. The van der Waals surface area contributed by atoms with Crippen LogP contribution in [0, 0.1) is 0 Å². The van der Waals surface area contributed by atoms with Crippen molar-refractivity contribution in [2.24, 2.45) is 0 Å². The first-order valence-electron chi connectivity index (χ1n) is 3.39. The average molecular weight is 167 g/mol. The number of benzene rings is 1. The summed E-state index contributed by atoms with van der Waals surface area (Å²) >= 11 is 5.72. The van der Waals surface area contributed by atoms with Crippen LogP contribution in [0.2, 0.25) is 0 Å². The third-order valence-electron chi connectivity index (χ3n) is 1.71. The number of alkyl halides is 1. The van der Waals surface area contributed by atoms with Crippen LogP contribution in [0.1, 0.15) is 5.56 Å². The highest BCUT2D eigenvalue weighted by molar-refractivity contribution is 6.17. The molecule has 0 radical (unpaired) electrons. The lowest BCUT2D eigenvalue weighted by molar-refractivity contribution is 1.11. The normalized spacial score (nSPS) is 10.6. The molecule has 56 valence electrons. The monoisotopic (exact) mass is 166 g/mol. The first-order valence-corrected chi connectivity index (χ1v) is 3.92. The van der Waals surface area contributed by atoms with Crippen LogP contribution in [0.15, 0.2) is 24.4 Å². The molecule has 0 aliphatic rings. The van der Waals surface area contributed by atoms with Gasteiger partial charge in [0, 0.05) is 11.3 Å². The molecule has 0 aliphatic carbocycles. The molecule has 1 aromatic carbocycles. The molecular weight excluding hydrogens is 160 g/mol. The molecule has 1 heterocycles. The van der Waals surface area contributed by atoms with Crippen LogP contribution in [-0.2, 0) is 5.88 Å². The summed E-state index contributed by atoms with van der Waals surface area (Å²) in [5.74, 6) is 0.527. The molecule has 11 heavy (non-hydrogen) atoms. The lowest BCUT2D eigenvalue weighted by atomic mass is 10.2. The number of rotatable bonds is 1. The van der Waals surface area contributed by atoms with E-state index in [1.54, 1.807) is 6.20 Å². The van der Waals surface area contributed by atoms with E-state index in [1.807, 2.05) is 18.2 Å². The molecule has 2 aromatic rings. The summed E-state index contributed by atoms with van der Waals surface area (Å²) < 4.78 is 0. The fourth-order valence-corrected chi connectivity index (χ4v) is 1.36. The minimum Gasteiger partial charge on any atom is -0.278 e. The van der Waals surface area contributed by atoms with Gasteiger partial charge in [0.25, 0.3) is 0 Å². The van der Waals surface area contributed by atoms with Gasteiger partial charge in [-0.05, 0) is 5.56 Å². The molecule has 2 nitrogen and oxygen atoms in total. The van der Waals surface area contributed by atoms with E-state index in [9.17, 15) is 0 Å². The summed E-state index contributed by atoms with van der Waals surface area (Å²) in [7, 11) is 0. The third-order valence-corrected chi connectivity index (χ3v) is 1.99. The maximum atomic E-state index is 5.72. The van der Waals surface area contributed by atoms with Gasteiger partial charge in [-0.15, -0.1) is 11.6 Å². The molecule has 0 amide bonds. The lowest BCUT2D eigenvalue weighted by Gasteiger charge is -1.94. The highest BCUT2D eigenvalue weighted by Gasteiger charge is 1.99. The quantitative estimate of drug-likeness (QED) is 0.647. The van der Waals surface area contributed by atoms with Crippen LogP contribution >= 0.6 is 11.6 Å². The van der Waals surface area contributed by atoms with Crippen LogP contribution in [0.3, 0.4) is 0 Å². The third kappa shape index (κ3) is 0.994. The second kappa shape index (κ2) is 2.55. The van der Waals surface area contributed by atoms with Crippen LogP contribution in [0.25, 0.3) is 10.9 Å². The number of nitrogens with one attached hydrogen (secondary N) is 1. The molecule has 0 saturated heterocycles. The van der Waals surface area contributed by atoms with E-state index < -0.39 is 0 Å². The molecule has 1 aromatic heterocycles. The largest absolute Gasteiger partial charge is 0.278 e. The van der Waals surface area contributed by atoms with Crippen LogP contribution in [0.4, 0.5) is 0 Å². The topological polar surface area (TPSA) is 28.7 Å². The van der Waals surface area contributed by atoms with E-state index in [-0.39, 0.29) is 0 Å². The van der Waals surface area contributed by atoms with Gasteiger partial charge in [0.2, 0.25) is 0 Å². The Balaban J connectivity index is 2.79. The second-order valence-electron chi connectivity index (χ2n) is 2.38. The number of para-hydroxylation sites is 1. The maximum Gasteiger partial charge on any atom is 0.0694 e. The molecule has 0 saturated carbocycles. The summed E-state index contributed by atoms with van der Waals surface area (Å²) in [5.41, 5.74) is 2.14. The Kier molecular flexibility index (Phi) is 1.55. The van der Waals surface area contributed by atoms with Crippen molar-refractivity contribution in [1.82, 2.24) is 10.2 Å². The number of aromatic amines is 1. The van der Waals surface area contributed by atoms with E-state index in [0.717, 1.165) is 16.5 Å². The van der Waals surface area contributed by atoms with Gasteiger partial charge in [-0.3, -0.25) is 5.10 Å². The number of fused-ring (bicyclic) bond motifs is 1. The van der Waals surface area contributed by atoms with Crippen molar-refractivity contribution < 1.29 is 0 Å². The average Bonchev–Trinajstić information content (AvgIpc) is 2.50. The number of aromatic nitrogens is 2. The lowest BCUT2D eigenvalue weighted by Crippen LogP contribution is -1.79. The van der Waals surface area contributed by atoms with Gasteiger partial charge in [0.05, 0.1) is 11.7 Å². The van der Waals surface area contributed by atoms with E-state index >= 15 is 0 Å². The number of nitrogens with zero attached hydrogens (tertiary/aromatic N) is 1. The van der Waals surface area contributed by atoms with Gasteiger partial charge in [0.15, 0.2) is 0 Å². The predicted octanol–water partition coefficient (Wildman–Crippen LogP) is 2.30. The Bertz CT molecular complexity index is 367. The van der Waals surface area contributed by atoms with Gasteiger partial charge < -0.3 is 0 Å². The first-order chi connectivity index (χ1) is 5.42. The van der Waals surface area contributed by atoms with Gasteiger partial charge >= 0.3 is 0 Å². The summed E-state index contributed by atoms with van der Waals surface area (Å²) in [6.45, 7) is 0. The standard InChI is InChI=1S/C8H7ClN2/c9-4-6-2-1-3-7-5-10-11-8(6)7/h1-3,5H,4H2,(H,10,11). The van der Waals surface area contributed by atoms with E-state index in [1.165, 1.54) is 0 Å². The fourth-order valence-electron chi connectivity index (χ4n) is 1.14. The van der Waals surface area contributed by atoms with Gasteiger partial charge in [-0.2, -0.15) is 5.10 Å². The zero-order chi connectivity index (χ0) is 7.68. The summed E-state index contributed by atoms with van der Waals surface area (Å²) in [6.07, 6.45) is 1.80. The molecule has 0 unspecified atom stereocenters. The maximum absolute atomic E-state index is 5.72. The van der Waals surface area contributed by atoms with E-state index in [0.29, 0.717) is 5.88 Å². The Morgan fingerprint density at radius 1 is 1.45 bits per heavy atom. The molecule has 1 N–H and O–H groups in total. The SMILES string of the molecule is ClCc1cccc2cn[nH]c12. The molecular formula is C8H7ClN2. The summed E-state index contributed by atoms with van der Waals surface area (Å²) in [4.78, 5) is 0. The van der Waals surface area contributed by atoms with E-state index in [2.05, 4.69) is 10.2 Å². The van der Waals surface area contributed by atoms with Crippen molar-refractivity contribution in [3.63, 3.8) is 0 Å². The minimum absolute atomic E-state index is 0.527. The molecule has 0 spiro atoms. The van der Waals surface area contributed by atoms with Crippen molar-refractivity contribution in [2.45, 2.75) is 5.88 Å². The molecule has 0 fully saturated rings. The molecule has 3 heteroatoms. The van der Waals surface area contributed by atoms with Crippen molar-refractivity contribution >= 4 is 22.5 Å². The first kappa shape index (κ1) is 6.68. The Hall–Kier alpha value is -1.02. The van der Waals surface area contributed by atoms with Gasteiger partial charge in [0.1, 0.15) is 0 Å². The molecule has 0 atom stereocenters. The van der Waals surface area contributed by atoms with Crippen molar-refractivity contribution in [3.8, 4) is 0 Å².